The van der Waals surface area contributed by atoms with Crippen LogP contribution in [0.25, 0.3) is 15.9 Å². The molecule has 4 aromatic rings. The first-order valence-corrected chi connectivity index (χ1v) is 12.0. The summed E-state index contributed by atoms with van der Waals surface area (Å²) < 4.78 is 6.79. The van der Waals surface area contributed by atoms with E-state index in [0.29, 0.717) is 22.8 Å². The van der Waals surface area contributed by atoms with Gasteiger partial charge in [0.1, 0.15) is 16.4 Å². The average Bonchev–Trinajstić information content (AvgIpc) is 3.22. The number of aromatic nitrogens is 2. The summed E-state index contributed by atoms with van der Waals surface area (Å²) in [6.45, 7) is 1.82. The van der Waals surface area contributed by atoms with Crippen LogP contribution in [0.1, 0.15) is 45.0 Å². The predicted molar refractivity (Wildman–Crippen MR) is 135 cm³/mol. The van der Waals surface area contributed by atoms with Crippen LogP contribution in [0.5, 0.6) is 5.75 Å². The fourth-order valence-electron chi connectivity index (χ4n) is 4.35. The molecule has 1 aliphatic rings. The van der Waals surface area contributed by atoms with Crippen LogP contribution in [-0.2, 0) is 12.8 Å². The number of fused-ring (bicyclic) bond motifs is 3. The standard InChI is InChI=1S/C26H24N4O3S/c1-16-28-25-23(21-11-3-4-12-22(21)34-25)26(32)30(16)19-9-6-8-18(14-19)24(31)29-27-15-17-7-5-10-20(13-17)33-2/h5-10,13-15H,3-4,11-12H2,1-2H3,(H,29,31)/b27-15+. The van der Waals surface area contributed by atoms with E-state index in [1.807, 2.05) is 37.3 Å². The third kappa shape index (κ3) is 4.12. The summed E-state index contributed by atoms with van der Waals surface area (Å²) in [7, 11) is 1.60. The van der Waals surface area contributed by atoms with E-state index in [1.165, 1.54) is 4.88 Å². The third-order valence-electron chi connectivity index (χ3n) is 6.00. The second-order valence-corrected chi connectivity index (χ2v) is 9.30. The summed E-state index contributed by atoms with van der Waals surface area (Å²) in [5, 5.41) is 4.78. The van der Waals surface area contributed by atoms with Crippen LogP contribution >= 0.6 is 11.3 Å². The number of aryl methyl sites for hydroxylation is 3. The zero-order valence-corrected chi connectivity index (χ0v) is 19.8. The van der Waals surface area contributed by atoms with Crippen molar-refractivity contribution in [2.45, 2.75) is 32.6 Å². The molecule has 7 nitrogen and oxygen atoms in total. The Morgan fingerprint density at radius 2 is 2.00 bits per heavy atom. The number of hydrogen-bond acceptors (Lipinski definition) is 6. The van der Waals surface area contributed by atoms with Crippen LogP contribution in [0, 0.1) is 6.92 Å². The molecule has 0 unspecified atom stereocenters. The summed E-state index contributed by atoms with van der Waals surface area (Å²) in [6, 6.07) is 14.3. The van der Waals surface area contributed by atoms with Crippen molar-refractivity contribution in [2.75, 3.05) is 7.11 Å². The van der Waals surface area contributed by atoms with Crippen molar-refractivity contribution in [3.8, 4) is 11.4 Å². The average molecular weight is 473 g/mol. The highest BCUT2D eigenvalue weighted by atomic mass is 32.1. The van der Waals surface area contributed by atoms with E-state index in [-0.39, 0.29) is 11.5 Å². The smallest absolute Gasteiger partial charge is 0.271 e. The maximum Gasteiger partial charge on any atom is 0.271 e. The Morgan fingerprint density at radius 1 is 1.18 bits per heavy atom. The van der Waals surface area contributed by atoms with Crippen LogP contribution in [-0.4, -0.2) is 28.8 Å². The zero-order valence-electron chi connectivity index (χ0n) is 19.0. The molecule has 0 fully saturated rings. The fraction of sp³-hybridized carbons (Fsp3) is 0.231. The lowest BCUT2D eigenvalue weighted by Crippen LogP contribution is -2.23. The predicted octanol–water partition coefficient (Wildman–Crippen LogP) is 4.41. The first-order chi connectivity index (χ1) is 16.5. The molecule has 2 aromatic heterocycles. The molecule has 0 aliphatic heterocycles. The molecule has 1 N–H and O–H groups in total. The van der Waals surface area contributed by atoms with Crippen LogP contribution in [0.2, 0.25) is 0 Å². The molecule has 2 heterocycles. The van der Waals surface area contributed by atoms with E-state index in [4.69, 9.17) is 9.72 Å². The van der Waals surface area contributed by atoms with Gasteiger partial charge in [-0.25, -0.2) is 10.4 Å². The van der Waals surface area contributed by atoms with Gasteiger partial charge in [-0.15, -0.1) is 11.3 Å². The largest absolute Gasteiger partial charge is 0.497 e. The van der Waals surface area contributed by atoms with E-state index in [1.54, 1.807) is 47.4 Å². The number of hydrogen-bond donors (Lipinski definition) is 1. The number of carbonyl (C=O) groups is 1. The Labute approximate surface area is 200 Å². The molecule has 0 atom stereocenters. The minimum atomic E-state index is -0.367. The van der Waals surface area contributed by atoms with Gasteiger partial charge in [-0.2, -0.15) is 5.10 Å². The van der Waals surface area contributed by atoms with E-state index in [0.717, 1.165) is 47.0 Å². The summed E-state index contributed by atoms with van der Waals surface area (Å²) in [5.74, 6) is 0.944. The molecule has 0 bridgehead atoms. The van der Waals surface area contributed by atoms with Crippen molar-refractivity contribution in [2.24, 2.45) is 5.10 Å². The minimum absolute atomic E-state index is 0.0736. The highest BCUT2D eigenvalue weighted by Gasteiger charge is 2.22. The van der Waals surface area contributed by atoms with Crippen LogP contribution in [0.3, 0.4) is 0 Å². The van der Waals surface area contributed by atoms with Gasteiger partial charge in [0.15, 0.2) is 0 Å². The Kier molecular flexibility index (Phi) is 5.98. The van der Waals surface area contributed by atoms with Crippen molar-refractivity contribution < 1.29 is 9.53 Å². The van der Waals surface area contributed by atoms with E-state index in [2.05, 4.69) is 10.5 Å². The first kappa shape index (κ1) is 22.0. The number of nitrogens with one attached hydrogen (secondary N) is 1. The molecule has 0 saturated carbocycles. The number of ether oxygens (including phenoxy) is 1. The molecule has 0 radical (unpaired) electrons. The fourth-order valence-corrected chi connectivity index (χ4v) is 5.65. The zero-order chi connectivity index (χ0) is 23.7. The summed E-state index contributed by atoms with van der Waals surface area (Å²) in [5.41, 5.74) is 5.44. The van der Waals surface area contributed by atoms with Crippen molar-refractivity contribution >= 4 is 33.7 Å². The second-order valence-electron chi connectivity index (χ2n) is 8.22. The van der Waals surface area contributed by atoms with Gasteiger partial charge in [-0.3, -0.25) is 14.2 Å². The van der Waals surface area contributed by atoms with Gasteiger partial charge in [0.25, 0.3) is 11.5 Å². The number of amides is 1. The van der Waals surface area contributed by atoms with Crippen molar-refractivity contribution in [1.82, 2.24) is 15.0 Å². The van der Waals surface area contributed by atoms with Gasteiger partial charge in [0.2, 0.25) is 0 Å². The third-order valence-corrected chi connectivity index (χ3v) is 7.18. The van der Waals surface area contributed by atoms with Gasteiger partial charge < -0.3 is 4.74 Å². The Morgan fingerprint density at radius 3 is 2.85 bits per heavy atom. The van der Waals surface area contributed by atoms with Gasteiger partial charge in [-0.1, -0.05) is 18.2 Å². The molecule has 34 heavy (non-hydrogen) atoms. The number of nitrogens with zero attached hydrogens (tertiary/aromatic N) is 3. The lowest BCUT2D eigenvalue weighted by atomic mass is 9.97. The van der Waals surface area contributed by atoms with Gasteiger partial charge >= 0.3 is 0 Å². The summed E-state index contributed by atoms with van der Waals surface area (Å²) in [4.78, 5) is 33.1. The number of thiophene rings is 1. The molecule has 0 saturated heterocycles. The number of hydrazone groups is 1. The SMILES string of the molecule is COc1cccc(/C=N/NC(=O)c2cccc(-n3c(C)nc4sc5c(c4c3=O)CCCC5)c2)c1. The van der Waals surface area contributed by atoms with Crippen molar-refractivity contribution in [1.29, 1.82) is 0 Å². The van der Waals surface area contributed by atoms with Gasteiger partial charge in [0, 0.05) is 10.4 Å². The molecule has 5 rings (SSSR count). The second kappa shape index (κ2) is 9.23. The highest BCUT2D eigenvalue weighted by molar-refractivity contribution is 7.18. The molecule has 2 aromatic carbocycles. The Balaban J connectivity index is 1.44. The van der Waals surface area contributed by atoms with Crippen molar-refractivity contribution in [3.63, 3.8) is 0 Å². The molecule has 1 aliphatic carbocycles. The molecule has 172 valence electrons. The molecular formula is C26H24N4O3S. The topological polar surface area (TPSA) is 85.6 Å². The van der Waals surface area contributed by atoms with Crippen molar-refractivity contribution in [3.05, 3.63) is 86.3 Å². The normalized spacial score (nSPS) is 13.2. The summed E-state index contributed by atoms with van der Waals surface area (Å²) >= 11 is 1.64. The number of methoxy groups -OCH3 is 1. The molecule has 0 spiro atoms. The quantitative estimate of drug-likeness (QED) is 0.344. The number of rotatable bonds is 5. The van der Waals surface area contributed by atoms with Crippen LogP contribution in [0.15, 0.2) is 58.4 Å². The van der Waals surface area contributed by atoms with Gasteiger partial charge in [0.05, 0.1) is 24.4 Å². The van der Waals surface area contributed by atoms with Crippen LogP contribution < -0.4 is 15.7 Å². The monoisotopic (exact) mass is 472 g/mol. The first-order valence-electron chi connectivity index (χ1n) is 11.2. The maximum atomic E-state index is 13.5. The highest BCUT2D eigenvalue weighted by Crippen LogP contribution is 2.34. The minimum Gasteiger partial charge on any atom is -0.497 e. The molecule has 8 heteroatoms. The van der Waals surface area contributed by atoms with E-state index < -0.39 is 0 Å². The summed E-state index contributed by atoms with van der Waals surface area (Å²) in [6.07, 6.45) is 5.74. The Bertz CT molecular complexity index is 1490. The molecular weight excluding hydrogens is 448 g/mol. The van der Waals surface area contributed by atoms with E-state index in [9.17, 15) is 9.59 Å². The van der Waals surface area contributed by atoms with Gasteiger partial charge in [-0.05, 0) is 74.1 Å². The van der Waals surface area contributed by atoms with Crippen LogP contribution in [0.4, 0.5) is 0 Å². The lowest BCUT2D eigenvalue weighted by Gasteiger charge is -2.12. The Hall–Kier alpha value is -3.78. The van der Waals surface area contributed by atoms with E-state index >= 15 is 0 Å². The maximum absolute atomic E-state index is 13.5. The number of carbonyl (C=O) groups excluding carboxylic acids is 1. The molecule has 1 amide bonds. The lowest BCUT2D eigenvalue weighted by molar-refractivity contribution is 0.0955. The number of benzene rings is 2.